The number of pyridine rings is 1. The Bertz CT molecular complexity index is 308. The van der Waals surface area contributed by atoms with Gasteiger partial charge >= 0.3 is 0 Å². The van der Waals surface area contributed by atoms with Crippen molar-refractivity contribution in [1.29, 1.82) is 0 Å². The van der Waals surface area contributed by atoms with E-state index in [2.05, 4.69) is 31.0 Å². The summed E-state index contributed by atoms with van der Waals surface area (Å²) >= 11 is 0. The molecule has 1 heterocycles. The quantitative estimate of drug-likeness (QED) is 0.717. The summed E-state index contributed by atoms with van der Waals surface area (Å²) in [5.41, 5.74) is 9.31. The first-order chi connectivity index (χ1) is 7.77. The van der Waals surface area contributed by atoms with Gasteiger partial charge in [-0.05, 0) is 57.2 Å². The summed E-state index contributed by atoms with van der Waals surface area (Å²) in [6, 6.07) is 4.42. The summed E-state index contributed by atoms with van der Waals surface area (Å²) in [5.74, 6) is 0. The lowest BCUT2D eigenvalue weighted by molar-refractivity contribution is 0.727. The molecule has 0 fully saturated rings. The minimum absolute atomic E-state index is 0.785. The number of aromatic nitrogens is 1. The fourth-order valence-electron chi connectivity index (χ4n) is 1.86. The monoisotopic (exact) mass is 220 g/mol. The number of hydrogen-bond donors (Lipinski definition) is 1. The Labute approximate surface area is 99.3 Å². The van der Waals surface area contributed by atoms with Crippen LogP contribution >= 0.6 is 0 Å². The molecule has 0 aromatic carbocycles. The summed E-state index contributed by atoms with van der Waals surface area (Å²) in [4.78, 5) is 4.66. The van der Waals surface area contributed by atoms with Crippen LogP contribution in [0.5, 0.6) is 0 Å². The minimum atomic E-state index is 0.785. The molecule has 2 heteroatoms. The van der Waals surface area contributed by atoms with Crippen molar-refractivity contribution < 1.29 is 0 Å². The first-order valence-corrected chi connectivity index (χ1v) is 6.43. The number of aryl methyl sites for hydroxylation is 3. The van der Waals surface area contributed by atoms with E-state index in [-0.39, 0.29) is 0 Å². The Morgan fingerprint density at radius 3 is 2.56 bits per heavy atom. The van der Waals surface area contributed by atoms with Gasteiger partial charge in [0, 0.05) is 11.4 Å². The minimum Gasteiger partial charge on any atom is -0.330 e. The van der Waals surface area contributed by atoms with Gasteiger partial charge in [-0.25, -0.2) is 0 Å². The predicted octanol–water partition coefficient (Wildman–Crippen LogP) is 3.01. The Balaban J connectivity index is 2.53. The van der Waals surface area contributed by atoms with Crippen LogP contribution < -0.4 is 5.73 Å². The lowest BCUT2D eigenvalue weighted by Crippen LogP contribution is -2.01. The van der Waals surface area contributed by atoms with Gasteiger partial charge in [-0.1, -0.05) is 19.4 Å². The molecule has 0 saturated heterocycles. The molecule has 0 aliphatic heterocycles. The van der Waals surface area contributed by atoms with E-state index in [0.717, 1.165) is 25.8 Å². The molecule has 0 unspecified atom stereocenters. The standard InChI is InChI=1S/C14H24N2/c1-3-4-7-13-9-10-14(16-12(13)2)8-5-6-11-15/h9-10H,3-8,11,15H2,1-2H3. The van der Waals surface area contributed by atoms with Crippen molar-refractivity contribution in [2.45, 2.75) is 52.4 Å². The van der Waals surface area contributed by atoms with Crippen LogP contribution in [0.15, 0.2) is 12.1 Å². The van der Waals surface area contributed by atoms with E-state index >= 15 is 0 Å². The number of rotatable bonds is 7. The Hall–Kier alpha value is -0.890. The molecule has 16 heavy (non-hydrogen) atoms. The van der Waals surface area contributed by atoms with Gasteiger partial charge in [0.15, 0.2) is 0 Å². The van der Waals surface area contributed by atoms with Gasteiger partial charge in [0.05, 0.1) is 0 Å². The Morgan fingerprint density at radius 2 is 1.94 bits per heavy atom. The van der Waals surface area contributed by atoms with Gasteiger partial charge < -0.3 is 5.73 Å². The number of hydrogen-bond acceptors (Lipinski definition) is 2. The van der Waals surface area contributed by atoms with Gasteiger partial charge in [0.25, 0.3) is 0 Å². The molecule has 1 aromatic heterocycles. The van der Waals surface area contributed by atoms with E-state index in [9.17, 15) is 0 Å². The smallest absolute Gasteiger partial charge is 0.0407 e. The third kappa shape index (κ3) is 4.31. The number of unbranched alkanes of at least 4 members (excludes halogenated alkanes) is 2. The van der Waals surface area contributed by atoms with Crippen LogP contribution in [0.4, 0.5) is 0 Å². The molecule has 0 bridgehead atoms. The van der Waals surface area contributed by atoms with Crippen LogP contribution in [-0.4, -0.2) is 11.5 Å². The van der Waals surface area contributed by atoms with Crippen LogP contribution in [0.3, 0.4) is 0 Å². The van der Waals surface area contributed by atoms with E-state index in [1.54, 1.807) is 0 Å². The van der Waals surface area contributed by atoms with Crippen molar-refractivity contribution in [2.24, 2.45) is 5.73 Å². The van der Waals surface area contributed by atoms with Crippen molar-refractivity contribution in [3.05, 3.63) is 29.1 Å². The maximum Gasteiger partial charge on any atom is 0.0407 e. The molecule has 0 aliphatic carbocycles. The second-order valence-electron chi connectivity index (χ2n) is 4.40. The summed E-state index contributed by atoms with van der Waals surface area (Å²) in [5, 5.41) is 0. The largest absolute Gasteiger partial charge is 0.330 e. The molecule has 2 N–H and O–H groups in total. The highest BCUT2D eigenvalue weighted by Gasteiger charge is 2.01. The molecule has 0 spiro atoms. The van der Waals surface area contributed by atoms with Crippen LogP contribution in [0.2, 0.25) is 0 Å². The normalized spacial score (nSPS) is 10.7. The summed E-state index contributed by atoms with van der Waals surface area (Å²) in [7, 11) is 0. The zero-order valence-corrected chi connectivity index (χ0v) is 10.6. The van der Waals surface area contributed by atoms with E-state index in [4.69, 9.17) is 5.73 Å². The highest BCUT2D eigenvalue weighted by molar-refractivity contribution is 5.22. The van der Waals surface area contributed by atoms with E-state index in [1.807, 2.05) is 0 Å². The lowest BCUT2D eigenvalue weighted by Gasteiger charge is -2.07. The summed E-state index contributed by atoms with van der Waals surface area (Å²) < 4.78 is 0. The molecular weight excluding hydrogens is 196 g/mol. The molecule has 1 aromatic rings. The van der Waals surface area contributed by atoms with Crippen molar-refractivity contribution in [2.75, 3.05) is 6.54 Å². The second-order valence-corrected chi connectivity index (χ2v) is 4.40. The van der Waals surface area contributed by atoms with Crippen LogP contribution in [-0.2, 0) is 12.8 Å². The van der Waals surface area contributed by atoms with Crippen molar-refractivity contribution in [1.82, 2.24) is 4.98 Å². The zero-order chi connectivity index (χ0) is 11.8. The molecule has 0 atom stereocenters. The third-order valence-corrected chi connectivity index (χ3v) is 2.94. The van der Waals surface area contributed by atoms with Gasteiger partial charge in [0.2, 0.25) is 0 Å². The first kappa shape index (κ1) is 13.2. The highest BCUT2D eigenvalue weighted by Crippen LogP contribution is 2.11. The summed E-state index contributed by atoms with van der Waals surface area (Å²) in [6.07, 6.45) is 6.98. The molecular formula is C14H24N2. The van der Waals surface area contributed by atoms with Gasteiger partial charge in [-0.2, -0.15) is 0 Å². The van der Waals surface area contributed by atoms with E-state index in [1.165, 1.54) is 36.2 Å². The maximum atomic E-state index is 5.48. The van der Waals surface area contributed by atoms with Gasteiger partial charge in [0.1, 0.15) is 0 Å². The highest BCUT2D eigenvalue weighted by atomic mass is 14.7. The van der Waals surface area contributed by atoms with Gasteiger partial charge in [-0.15, -0.1) is 0 Å². The lowest BCUT2D eigenvalue weighted by atomic mass is 10.1. The maximum absolute atomic E-state index is 5.48. The van der Waals surface area contributed by atoms with Crippen molar-refractivity contribution >= 4 is 0 Å². The van der Waals surface area contributed by atoms with Crippen LogP contribution in [0.1, 0.15) is 49.6 Å². The van der Waals surface area contributed by atoms with E-state index in [0.29, 0.717) is 0 Å². The average Bonchev–Trinajstić information content (AvgIpc) is 2.28. The molecule has 1 rings (SSSR count). The Morgan fingerprint density at radius 1 is 1.12 bits per heavy atom. The topological polar surface area (TPSA) is 38.9 Å². The number of nitrogens with two attached hydrogens (primary N) is 1. The fraction of sp³-hybridized carbons (Fsp3) is 0.643. The van der Waals surface area contributed by atoms with Gasteiger partial charge in [-0.3, -0.25) is 4.98 Å². The van der Waals surface area contributed by atoms with Crippen LogP contribution in [0.25, 0.3) is 0 Å². The Kier molecular flexibility index (Phi) is 6.09. The third-order valence-electron chi connectivity index (χ3n) is 2.94. The second kappa shape index (κ2) is 7.39. The van der Waals surface area contributed by atoms with Crippen molar-refractivity contribution in [3.63, 3.8) is 0 Å². The number of nitrogens with zero attached hydrogens (tertiary/aromatic N) is 1. The molecule has 0 radical (unpaired) electrons. The molecule has 0 aliphatic rings. The molecule has 90 valence electrons. The predicted molar refractivity (Wildman–Crippen MR) is 69.6 cm³/mol. The zero-order valence-electron chi connectivity index (χ0n) is 10.6. The SMILES string of the molecule is CCCCc1ccc(CCCCN)nc1C. The molecule has 2 nitrogen and oxygen atoms in total. The van der Waals surface area contributed by atoms with E-state index < -0.39 is 0 Å². The van der Waals surface area contributed by atoms with Crippen molar-refractivity contribution in [3.8, 4) is 0 Å². The first-order valence-electron chi connectivity index (χ1n) is 6.43. The van der Waals surface area contributed by atoms with Crippen LogP contribution in [0, 0.1) is 6.92 Å². The fourth-order valence-corrected chi connectivity index (χ4v) is 1.86. The molecule has 0 amide bonds. The molecule has 0 saturated carbocycles. The average molecular weight is 220 g/mol. The summed E-state index contributed by atoms with van der Waals surface area (Å²) in [6.45, 7) is 5.13.